The Morgan fingerprint density at radius 3 is 2.64 bits per heavy atom. The van der Waals surface area contributed by atoms with Gasteiger partial charge in [0.05, 0.1) is 16.7 Å². The highest BCUT2D eigenvalue weighted by molar-refractivity contribution is 5.99. The van der Waals surface area contributed by atoms with Crippen LogP contribution in [0.15, 0.2) is 79.3 Å². The number of nitrogens with zero attached hydrogens (tertiary/aromatic N) is 3. The van der Waals surface area contributed by atoms with Crippen LogP contribution in [-0.2, 0) is 5.41 Å². The molecule has 0 saturated heterocycles. The molecule has 0 aliphatic heterocycles. The first-order chi connectivity index (χ1) is 13.7. The summed E-state index contributed by atoms with van der Waals surface area (Å²) in [5, 5.41) is 2.38. The number of hydrogen-bond acceptors (Lipinski definition) is 2. The fraction of sp³-hybridized carbons (Fsp3) is 0.120. The van der Waals surface area contributed by atoms with Crippen LogP contribution in [0.4, 0.5) is 0 Å². The summed E-state index contributed by atoms with van der Waals surface area (Å²) in [4.78, 5) is 8.62. The van der Waals surface area contributed by atoms with Gasteiger partial charge in [-0.1, -0.05) is 56.3 Å². The maximum Gasteiger partial charge on any atom is 0.116 e. The molecule has 6 rings (SSSR count). The molecule has 0 N–H and O–H groups in total. The van der Waals surface area contributed by atoms with E-state index in [9.17, 15) is 0 Å². The molecule has 0 radical (unpaired) electrons. The first-order valence-electron chi connectivity index (χ1n) is 9.60. The molecule has 28 heavy (non-hydrogen) atoms. The Morgan fingerprint density at radius 1 is 0.893 bits per heavy atom. The van der Waals surface area contributed by atoms with Crippen molar-refractivity contribution in [3.05, 3.63) is 90.4 Å². The third-order valence-electron chi connectivity index (χ3n) is 6.10. The van der Waals surface area contributed by atoms with Crippen LogP contribution in [0.3, 0.4) is 0 Å². The van der Waals surface area contributed by atoms with Gasteiger partial charge < -0.3 is 4.57 Å². The smallest absolute Gasteiger partial charge is 0.116 e. The van der Waals surface area contributed by atoms with Crippen LogP contribution in [0.2, 0.25) is 0 Å². The zero-order chi connectivity index (χ0) is 18.9. The van der Waals surface area contributed by atoms with E-state index < -0.39 is 0 Å². The van der Waals surface area contributed by atoms with E-state index in [-0.39, 0.29) is 5.41 Å². The largest absolute Gasteiger partial charge is 0.309 e. The van der Waals surface area contributed by atoms with Gasteiger partial charge in [-0.05, 0) is 35.4 Å². The minimum absolute atomic E-state index is 0.0319. The lowest BCUT2D eigenvalue weighted by Crippen LogP contribution is -2.14. The van der Waals surface area contributed by atoms with E-state index in [4.69, 9.17) is 0 Å². The number of para-hydroxylation sites is 1. The highest BCUT2D eigenvalue weighted by Gasteiger charge is 2.40. The Balaban J connectivity index is 1.78. The highest BCUT2D eigenvalue weighted by Crippen LogP contribution is 2.53. The number of fused-ring (bicyclic) bond motifs is 6. The zero-order valence-electron chi connectivity index (χ0n) is 15.8. The van der Waals surface area contributed by atoms with E-state index in [0.717, 1.165) is 16.6 Å². The summed E-state index contributed by atoms with van der Waals surface area (Å²) >= 11 is 0. The van der Waals surface area contributed by atoms with Gasteiger partial charge in [0, 0.05) is 33.6 Å². The van der Waals surface area contributed by atoms with E-state index in [1.807, 2.05) is 6.20 Å². The van der Waals surface area contributed by atoms with Gasteiger partial charge in [-0.2, -0.15) is 0 Å². The van der Waals surface area contributed by atoms with Crippen LogP contribution < -0.4 is 0 Å². The van der Waals surface area contributed by atoms with Crippen LogP contribution in [0.1, 0.15) is 25.0 Å². The maximum absolute atomic E-state index is 4.47. The molecule has 2 aromatic heterocycles. The molecule has 0 amide bonds. The lowest BCUT2D eigenvalue weighted by atomic mass is 9.81. The second-order valence-electron chi connectivity index (χ2n) is 8.01. The second-order valence-corrected chi connectivity index (χ2v) is 8.01. The molecular formula is C25H19N3. The Hall–Kier alpha value is -3.46. The van der Waals surface area contributed by atoms with Crippen molar-refractivity contribution in [2.75, 3.05) is 0 Å². The molecule has 3 nitrogen and oxygen atoms in total. The Bertz CT molecular complexity index is 1390. The Kier molecular flexibility index (Phi) is 2.95. The van der Waals surface area contributed by atoms with Crippen LogP contribution in [0.5, 0.6) is 0 Å². The van der Waals surface area contributed by atoms with Crippen molar-refractivity contribution < 1.29 is 0 Å². The molecule has 5 aromatic rings. The van der Waals surface area contributed by atoms with Crippen LogP contribution >= 0.6 is 0 Å². The van der Waals surface area contributed by atoms with Crippen molar-refractivity contribution in [2.45, 2.75) is 19.3 Å². The summed E-state index contributed by atoms with van der Waals surface area (Å²) in [6.07, 6.45) is 3.48. The van der Waals surface area contributed by atoms with Crippen LogP contribution in [-0.4, -0.2) is 14.5 Å². The molecule has 0 fully saturated rings. The summed E-state index contributed by atoms with van der Waals surface area (Å²) < 4.78 is 2.40. The average Bonchev–Trinajstić information content (AvgIpc) is 3.19. The molecular weight excluding hydrogens is 342 g/mol. The summed E-state index contributed by atoms with van der Waals surface area (Å²) in [6, 6.07) is 24.0. The number of hydrogen-bond donors (Lipinski definition) is 0. The number of aromatic nitrogens is 3. The van der Waals surface area contributed by atoms with E-state index in [1.54, 1.807) is 6.33 Å². The Morgan fingerprint density at radius 2 is 1.71 bits per heavy atom. The minimum Gasteiger partial charge on any atom is -0.309 e. The molecule has 0 unspecified atom stereocenters. The van der Waals surface area contributed by atoms with Crippen LogP contribution in [0.25, 0.3) is 38.8 Å². The first-order valence-corrected chi connectivity index (χ1v) is 9.60. The summed E-state index contributed by atoms with van der Waals surface area (Å²) in [6.45, 7) is 4.67. The van der Waals surface area contributed by atoms with E-state index >= 15 is 0 Å². The molecule has 0 spiro atoms. The topological polar surface area (TPSA) is 30.7 Å². The quantitative estimate of drug-likeness (QED) is 0.373. The number of rotatable bonds is 1. The molecule has 0 saturated carbocycles. The highest BCUT2D eigenvalue weighted by atomic mass is 15.0. The van der Waals surface area contributed by atoms with E-state index in [0.29, 0.717) is 0 Å². The summed E-state index contributed by atoms with van der Waals surface area (Å²) in [5.74, 6) is 0. The zero-order valence-corrected chi connectivity index (χ0v) is 15.8. The van der Waals surface area contributed by atoms with Crippen molar-refractivity contribution >= 4 is 21.8 Å². The standard InChI is InChI=1S/C25H19N3/c1-25(2)20-9-5-3-7-18(20)24-23(25)19-8-4-6-10-22(19)28(24)17-12-11-16-14-26-15-27-21(16)13-17/h3-15H,1-2H3. The molecule has 0 atom stereocenters. The minimum atomic E-state index is -0.0319. The molecule has 3 heteroatoms. The van der Waals surface area contributed by atoms with Gasteiger partial charge in [0.25, 0.3) is 0 Å². The molecule has 1 aliphatic rings. The third-order valence-corrected chi connectivity index (χ3v) is 6.10. The van der Waals surface area contributed by atoms with E-state index in [1.165, 1.54) is 33.3 Å². The van der Waals surface area contributed by atoms with Crippen molar-refractivity contribution in [2.24, 2.45) is 0 Å². The lowest BCUT2D eigenvalue weighted by Gasteiger charge is -2.21. The molecule has 2 heterocycles. The molecule has 0 bridgehead atoms. The number of benzene rings is 3. The molecule has 3 aromatic carbocycles. The van der Waals surface area contributed by atoms with Crippen molar-refractivity contribution in [3.8, 4) is 16.9 Å². The third kappa shape index (κ3) is 1.88. The van der Waals surface area contributed by atoms with Gasteiger partial charge in [-0.25, -0.2) is 9.97 Å². The fourth-order valence-electron chi connectivity index (χ4n) is 4.87. The van der Waals surface area contributed by atoms with Crippen LogP contribution in [0, 0.1) is 0 Å². The predicted molar refractivity (Wildman–Crippen MR) is 114 cm³/mol. The lowest BCUT2D eigenvalue weighted by molar-refractivity contribution is 0.666. The molecule has 134 valence electrons. The Labute approximate surface area is 163 Å². The normalized spacial score (nSPS) is 14.4. The SMILES string of the molecule is CC1(C)c2ccccc2-c2c1c1ccccc1n2-c1ccc2cncnc2c1. The summed E-state index contributed by atoms with van der Waals surface area (Å²) in [5.41, 5.74) is 8.73. The summed E-state index contributed by atoms with van der Waals surface area (Å²) in [7, 11) is 0. The first kappa shape index (κ1) is 15.6. The van der Waals surface area contributed by atoms with Gasteiger partial charge >= 0.3 is 0 Å². The second kappa shape index (κ2) is 5.29. The van der Waals surface area contributed by atoms with Gasteiger partial charge in [-0.15, -0.1) is 0 Å². The van der Waals surface area contributed by atoms with Gasteiger partial charge in [0.1, 0.15) is 6.33 Å². The average molecular weight is 361 g/mol. The fourth-order valence-corrected chi connectivity index (χ4v) is 4.87. The maximum atomic E-state index is 4.47. The van der Waals surface area contributed by atoms with Crippen molar-refractivity contribution in [1.82, 2.24) is 14.5 Å². The van der Waals surface area contributed by atoms with Gasteiger partial charge in [-0.3, -0.25) is 0 Å². The van der Waals surface area contributed by atoms with Crippen molar-refractivity contribution in [3.63, 3.8) is 0 Å². The van der Waals surface area contributed by atoms with Crippen molar-refractivity contribution in [1.29, 1.82) is 0 Å². The van der Waals surface area contributed by atoms with Gasteiger partial charge in [0.15, 0.2) is 0 Å². The molecule has 1 aliphatic carbocycles. The van der Waals surface area contributed by atoms with E-state index in [2.05, 4.69) is 95.1 Å². The monoisotopic (exact) mass is 361 g/mol. The van der Waals surface area contributed by atoms with Gasteiger partial charge in [0.2, 0.25) is 0 Å². The predicted octanol–water partition coefficient (Wildman–Crippen LogP) is 5.88.